The molecule has 0 fully saturated rings. The monoisotopic (exact) mass is 412 g/mol. The van der Waals surface area contributed by atoms with Crippen LogP contribution in [-0.2, 0) is 16.6 Å². The number of hydrogen-bond acceptors (Lipinski definition) is 3. The van der Waals surface area contributed by atoms with Gasteiger partial charge in [-0.15, -0.1) is 0 Å². The third-order valence-corrected chi connectivity index (χ3v) is 5.84. The van der Waals surface area contributed by atoms with Crippen molar-refractivity contribution in [3.8, 4) is 0 Å². The number of anilines is 1. The molecule has 1 N–H and O–H groups in total. The SMILES string of the molecule is Cc1ccc(S(=O)(=O)Nc2ccccc2F)cc1C(=O)N(C)Cc1ccccc1. The zero-order chi connectivity index (χ0) is 21.0. The molecule has 0 saturated heterocycles. The number of para-hydroxylation sites is 1. The van der Waals surface area contributed by atoms with E-state index in [9.17, 15) is 17.6 Å². The Kier molecular flexibility index (Phi) is 5.98. The van der Waals surface area contributed by atoms with Gasteiger partial charge in [0, 0.05) is 19.2 Å². The first-order valence-corrected chi connectivity index (χ1v) is 10.4. The summed E-state index contributed by atoms with van der Waals surface area (Å²) in [4.78, 5) is 14.3. The summed E-state index contributed by atoms with van der Waals surface area (Å²) in [7, 11) is -2.39. The molecule has 7 heteroatoms. The summed E-state index contributed by atoms with van der Waals surface area (Å²) in [6, 6.07) is 19.3. The van der Waals surface area contributed by atoms with Gasteiger partial charge in [-0.2, -0.15) is 0 Å². The highest BCUT2D eigenvalue weighted by molar-refractivity contribution is 7.92. The third kappa shape index (κ3) is 4.81. The molecule has 150 valence electrons. The van der Waals surface area contributed by atoms with E-state index < -0.39 is 15.8 Å². The molecule has 0 radical (unpaired) electrons. The number of halogens is 1. The fourth-order valence-corrected chi connectivity index (χ4v) is 3.97. The summed E-state index contributed by atoms with van der Waals surface area (Å²) in [6.45, 7) is 2.13. The highest BCUT2D eigenvalue weighted by Gasteiger charge is 2.21. The third-order valence-electron chi connectivity index (χ3n) is 4.48. The van der Waals surface area contributed by atoms with E-state index in [1.54, 1.807) is 20.0 Å². The van der Waals surface area contributed by atoms with Crippen LogP contribution in [0.4, 0.5) is 10.1 Å². The van der Waals surface area contributed by atoms with Crippen molar-refractivity contribution in [1.29, 1.82) is 0 Å². The lowest BCUT2D eigenvalue weighted by Gasteiger charge is -2.19. The summed E-state index contributed by atoms with van der Waals surface area (Å²) in [5.41, 5.74) is 1.74. The standard InChI is InChI=1S/C22H21FN2O3S/c1-16-12-13-18(29(27,28)24-21-11-7-6-10-20(21)23)14-19(16)22(26)25(2)15-17-8-4-3-5-9-17/h3-14,24H,15H2,1-2H3. The van der Waals surface area contributed by atoms with Gasteiger partial charge in [0.1, 0.15) is 5.82 Å². The maximum Gasteiger partial charge on any atom is 0.262 e. The van der Waals surface area contributed by atoms with E-state index in [-0.39, 0.29) is 22.1 Å². The van der Waals surface area contributed by atoms with Crippen molar-refractivity contribution in [2.75, 3.05) is 11.8 Å². The Balaban J connectivity index is 1.87. The lowest BCUT2D eigenvalue weighted by atomic mass is 10.1. The predicted octanol–water partition coefficient (Wildman–Crippen LogP) is 4.21. The lowest BCUT2D eigenvalue weighted by Crippen LogP contribution is -2.27. The molecule has 1 amide bonds. The van der Waals surface area contributed by atoms with Gasteiger partial charge in [0.25, 0.3) is 15.9 Å². The Hall–Kier alpha value is -3.19. The number of rotatable bonds is 6. The molecule has 0 heterocycles. The van der Waals surface area contributed by atoms with Crippen LogP contribution < -0.4 is 4.72 Å². The van der Waals surface area contributed by atoms with Crippen LogP contribution >= 0.6 is 0 Å². The van der Waals surface area contributed by atoms with Gasteiger partial charge in [-0.1, -0.05) is 48.5 Å². The van der Waals surface area contributed by atoms with Gasteiger partial charge in [0.05, 0.1) is 10.6 Å². The fraction of sp³-hybridized carbons (Fsp3) is 0.136. The van der Waals surface area contributed by atoms with Crippen LogP contribution in [0.5, 0.6) is 0 Å². The normalized spacial score (nSPS) is 11.1. The fourth-order valence-electron chi connectivity index (χ4n) is 2.88. The van der Waals surface area contributed by atoms with Gasteiger partial charge in [-0.05, 0) is 42.3 Å². The molecular weight excluding hydrogens is 391 g/mol. The largest absolute Gasteiger partial charge is 0.337 e. The Morgan fingerprint density at radius 3 is 2.34 bits per heavy atom. The van der Waals surface area contributed by atoms with Crippen molar-refractivity contribution in [3.05, 3.63) is 95.3 Å². The number of amides is 1. The second kappa shape index (κ2) is 8.45. The summed E-state index contributed by atoms with van der Waals surface area (Å²) in [5, 5.41) is 0. The summed E-state index contributed by atoms with van der Waals surface area (Å²) >= 11 is 0. The van der Waals surface area contributed by atoms with Gasteiger partial charge in [0.15, 0.2) is 0 Å². The number of hydrogen-bond donors (Lipinski definition) is 1. The molecule has 0 saturated carbocycles. The van der Waals surface area contributed by atoms with E-state index in [1.807, 2.05) is 30.3 Å². The summed E-state index contributed by atoms with van der Waals surface area (Å²) in [6.07, 6.45) is 0. The molecule has 29 heavy (non-hydrogen) atoms. The minimum atomic E-state index is -4.05. The van der Waals surface area contributed by atoms with E-state index in [0.29, 0.717) is 12.1 Å². The smallest absolute Gasteiger partial charge is 0.262 e. The first-order chi connectivity index (χ1) is 13.8. The van der Waals surface area contributed by atoms with Crippen LogP contribution in [0.1, 0.15) is 21.5 Å². The summed E-state index contributed by atoms with van der Waals surface area (Å²) in [5.74, 6) is -0.976. The maximum atomic E-state index is 13.8. The van der Waals surface area contributed by atoms with E-state index in [0.717, 1.165) is 5.56 Å². The van der Waals surface area contributed by atoms with Crippen molar-refractivity contribution in [3.63, 3.8) is 0 Å². The molecule has 0 unspecified atom stereocenters. The van der Waals surface area contributed by atoms with Gasteiger partial charge in [-0.3, -0.25) is 9.52 Å². The van der Waals surface area contributed by atoms with E-state index >= 15 is 0 Å². The number of carbonyl (C=O) groups is 1. The Bertz CT molecular complexity index is 1130. The van der Waals surface area contributed by atoms with Crippen molar-refractivity contribution >= 4 is 21.6 Å². The topological polar surface area (TPSA) is 66.5 Å². The molecule has 0 spiro atoms. The molecule has 0 aliphatic rings. The number of benzene rings is 3. The number of nitrogens with one attached hydrogen (secondary N) is 1. The number of sulfonamides is 1. The second-order valence-corrected chi connectivity index (χ2v) is 8.39. The molecular formula is C22H21FN2O3S. The van der Waals surface area contributed by atoms with Crippen LogP contribution in [0.3, 0.4) is 0 Å². The molecule has 3 aromatic rings. The van der Waals surface area contributed by atoms with Gasteiger partial charge in [-0.25, -0.2) is 12.8 Å². The van der Waals surface area contributed by atoms with E-state index in [2.05, 4.69) is 4.72 Å². The van der Waals surface area contributed by atoms with Crippen LogP contribution in [0.2, 0.25) is 0 Å². The zero-order valence-corrected chi connectivity index (χ0v) is 16.9. The van der Waals surface area contributed by atoms with Crippen LogP contribution in [0, 0.1) is 12.7 Å². The average Bonchev–Trinajstić information content (AvgIpc) is 2.70. The van der Waals surface area contributed by atoms with E-state index in [1.165, 1.54) is 41.3 Å². The highest BCUT2D eigenvalue weighted by Crippen LogP contribution is 2.22. The molecule has 0 aliphatic heterocycles. The number of aryl methyl sites for hydroxylation is 1. The molecule has 3 aromatic carbocycles. The van der Waals surface area contributed by atoms with Gasteiger partial charge in [0.2, 0.25) is 0 Å². The quantitative estimate of drug-likeness (QED) is 0.660. The molecule has 0 bridgehead atoms. The first kappa shape index (κ1) is 20.5. The first-order valence-electron chi connectivity index (χ1n) is 8.95. The number of carbonyl (C=O) groups excluding carboxylic acids is 1. The highest BCUT2D eigenvalue weighted by atomic mass is 32.2. The van der Waals surface area contributed by atoms with Gasteiger partial charge >= 0.3 is 0 Å². The molecule has 0 atom stereocenters. The Labute approximate surface area is 169 Å². The lowest BCUT2D eigenvalue weighted by molar-refractivity contribution is 0.0784. The summed E-state index contributed by atoms with van der Waals surface area (Å²) < 4.78 is 41.5. The van der Waals surface area contributed by atoms with Crippen LogP contribution in [0.15, 0.2) is 77.7 Å². The minimum Gasteiger partial charge on any atom is -0.337 e. The predicted molar refractivity (Wildman–Crippen MR) is 111 cm³/mol. The average molecular weight is 412 g/mol. The van der Waals surface area contributed by atoms with Gasteiger partial charge < -0.3 is 4.90 Å². The molecule has 0 aliphatic carbocycles. The Morgan fingerprint density at radius 1 is 1.00 bits per heavy atom. The van der Waals surface area contributed by atoms with E-state index in [4.69, 9.17) is 0 Å². The maximum absolute atomic E-state index is 13.8. The second-order valence-electron chi connectivity index (χ2n) is 6.71. The van der Waals surface area contributed by atoms with Crippen LogP contribution in [0.25, 0.3) is 0 Å². The Morgan fingerprint density at radius 2 is 1.66 bits per heavy atom. The minimum absolute atomic E-state index is 0.109. The van der Waals surface area contributed by atoms with Crippen molar-refractivity contribution in [2.45, 2.75) is 18.4 Å². The molecule has 0 aromatic heterocycles. The zero-order valence-electron chi connectivity index (χ0n) is 16.1. The van der Waals surface area contributed by atoms with Crippen LogP contribution in [-0.4, -0.2) is 26.3 Å². The van der Waals surface area contributed by atoms with Crippen molar-refractivity contribution in [2.24, 2.45) is 0 Å². The molecule has 5 nitrogen and oxygen atoms in total. The molecule has 3 rings (SSSR count). The van der Waals surface area contributed by atoms with Crippen molar-refractivity contribution in [1.82, 2.24) is 4.90 Å². The number of nitrogens with zero attached hydrogens (tertiary/aromatic N) is 1. The van der Waals surface area contributed by atoms with Crippen molar-refractivity contribution < 1.29 is 17.6 Å².